The molecule has 5 rings (SSSR count). The predicted octanol–water partition coefficient (Wildman–Crippen LogP) is 4.25. The zero-order chi connectivity index (χ0) is 22.5. The lowest BCUT2D eigenvalue weighted by Gasteiger charge is -2.18. The van der Waals surface area contributed by atoms with E-state index in [1.165, 1.54) is 0 Å². The highest BCUT2D eigenvalue weighted by Crippen LogP contribution is 2.39. The molecule has 0 radical (unpaired) electrons. The van der Waals surface area contributed by atoms with E-state index in [1.54, 1.807) is 44.4 Å². The molecule has 164 valence electrons. The predicted molar refractivity (Wildman–Crippen MR) is 113 cm³/mol. The summed E-state index contributed by atoms with van der Waals surface area (Å²) in [6.07, 6.45) is 4.68. The minimum atomic E-state index is -2.90. The summed E-state index contributed by atoms with van der Waals surface area (Å²) in [6.45, 7) is 0.350. The summed E-state index contributed by atoms with van der Waals surface area (Å²) < 4.78 is 32.6. The molecule has 1 unspecified atom stereocenters. The van der Waals surface area contributed by atoms with Gasteiger partial charge in [-0.05, 0) is 38.5 Å². The maximum absolute atomic E-state index is 12.9. The van der Waals surface area contributed by atoms with Crippen LogP contribution in [0.1, 0.15) is 43.5 Å². The number of rotatable bonds is 5. The molecule has 1 aliphatic rings. The summed E-state index contributed by atoms with van der Waals surface area (Å²) in [7, 11) is 0. The average Bonchev–Trinajstić information content (AvgIpc) is 3.32. The third-order valence-electron chi connectivity index (χ3n) is 5.55. The topological polar surface area (TPSA) is 86.0 Å². The van der Waals surface area contributed by atoms with Crippen LogP contribution in [0, 0.1) is 0 Å². The van der Waals surface area contributed by atoms with Gasteiger partial charge < -0.3 is 14.4 Å². The van der Waals surface area contributed by atoms with Crippen molar-refractivity contribution in [2.24, 2.45) is 0 Å². The standard InChI is InChI=1S/C23H21F2N5O2/c1-23(2,31)21-26-11-13(12-27-21)15-7-8-16-20(29-15)30-17(9-10-19(30)28-16)14-5-3-4-6-18(14)32-22(24)25/h3-8,11-12,17,22,31H,9-10H2,1-2H3. The number of benzene rings is 1. The van der Waals surface area contributed by atoms with Gasteiger partial charge in [0.15, 0.2) is 11.5 Å². The number of aryl methyl sites for hydroxylation is 1. The van der Waals surface area contributed by atoms with Crippen LogP contribution >= 0.6 is 0 Å². The molecule has 1 atom stereocenters. The van der Waals surface area contributed by atoms with Crippen molar-refractivity contribution in [3.05, 3.63) is 66.0 Å². The van der Waals surface area contributed by atoms with Crippen LogP contribution in [0.25, 0.3) is 22.4 Å². The summed E-state index contributed by atoms with van der Waals surface area (Å²) in [6, 6.07) is 10.4. The first-order valence-electron chi connectivity index (χ1n) is 10.3. The number of aliphatic hydroxyl groups is 1. The number of nitrogens with zero attached hydrogens (tertiary/aromatic N) is 5. The van der Waals surface area contributed by atoms with E-state index in [1.807, 2.05) is 22.8 Å². The largest absolute Gasteiger partial charge is 0.434 e. The summed E-state index contributed by atoms with van der Waals surface area (Å²) in [5, 5.41) is 10.1. The van der Waals surface area contributed by atoms with Crippen molar-refractivity contribution >= 4 is 11.2 Å². The fraction of sp³-hybridized carbons (Fsp3) is 0.304. The smallest absolute Gasteiger partial charge is 0.387 e. The number of hydrogen-bond acceptors (Lipinski definition) is 6. The minimum absolute atomic E-state index is 0.161. The first-order chi connectivity index (χ1) is 15.3. The van der Waals surface area contributed by atoms with Crippen LogP contribution in [0.15, 0.2) is 48.8 Å². The minimum Gasteiger partial charge on any atom is -0.434 e. The van der Waals surface area contributed by atoms with Crippen molar-refractivity contribution in [2.75, 3.05) is 0 Å². The van der Waals surface area contributed by atoms with Crippen LogP contribution in [-0.4, -0.2) is 36.2 Å². The number of para-hydroxylation sites is 1. The fourth-order valence-corrected chi connectivity index (χ4v) is 4.11. The molecule has 3 aromatic heterocycles. The lowest BCUT2D eigenvalue weighted by atomic mass is 10.0. The van der Waals surface area contributed by atoms with Gasteiger partial charge in [0.1, 0.15) is 22.7 Å². The Balaban J connectivity index is 1.57. The molecule has 0 bridgehead atoms. The Labute approximate surface area is 182 Å². The highest BCUT2D eigenvalue weighted by atomic mass is 19.3. The molecule has 0 fully saturated rings. The van der Waals surface area contributed by atoms with E-state index in [9.17, 15) is 13.9 Å². The highest BCUT2D eigenvalue weighted by Gasteiger charge is 2.30. The van der Waals surface area contributed by atoms with Crippen LogP contribution in [0.5, 0.6) is 5.75 Å². The van der Waals surface area contributed by atoms with Gasteiger partial charge in [0.05, 0.1) is 11.7 Å². The number of imidazole rings is 1. The molecule has 4 aromatic rings. The Bertz CT molecular complexity index is 1280. The van der Waals surface area contributed by atoms with Crippen LogP contribution in [0.3, 0.4) is 0 Å². The van der Waals surface area contributed by atoms with Crippen molar-refractivity contribution in [3.8, 4) is 17.0 Å². The van der Waals surface area contributed by atoms with Gasteiger partial charge in [-0.15, -0.1) is 0 Å². The fourth-order valence-electron chi connectivity index (χ4n) is 4.11. The number of alkyl halides is 2. The molecule has 1 aliphatic heterocycles. The second-order valence-electron chi connectivity index (χ2n) is 8.26. The van der Waals surface area contributed by atoms with Crippen LogP contribution in [-0.2, 0) is 12.0 Å². The molecule has 0 saturated heterocycles. The van der Waals surface area contributed by atoms with Gasteiger partial charge in [-0.25, -0.2) is 19.9 Å². The molecule has 0 spiro atoms. The second kappa shape index (κ2) is 7.59. The number of hydrogen-bond donors (Lipinski definition) is 1. The third-order valence-corrected chi connectivity index (χ3v) is 5.55. The molecule has 0 aliphatic carbocycles. The molecule has 32 heavy (non-hydrogen) atoms. The van der Waals surface area contributed by atoms with E-state index in [2.05, 4.69) is 15.0 Å². The van der Waals surface area contributed by atoms with Crippen molar-refractivity contribution in [2.45, 2.75) is 44.9 Å². The zero-order valence-corrected chi connectivity index (χ0v) is 17.5. The summed E-state index contributed by atoms with van der Waals surface area (Å²) >= 11 is 0. The summed E-state index contributed by atoms with van der Waals surface area (Å²) in [4.78, 5) is 18.0. The Morgan fingerprint density at radius 1 is 1.09 bits per heavy atom. The van der Waals surface area contributed by atoms with Gasteiger partial charge in [0, 0.05) is 29.9 Å². The molecule has 7 nitrogen and oxygen atoms in total. The summed E-state index contributed by atoms with van der Waals surface area (Å²) in [5.74, 6) is 1.34. The third kappa shape index (κ3) is 3.58. The monoisotopic (exact) mass is 437 g/mol. The molecule has 1 N–H and O–H groups in total. The Morgan fingerprint density at radius 2 is 1.84 bits per heavy atom. The zero-order valence-electron chi connectivity index (χ0n) is 17.5. The van der Waals surface area contributed by atoms with E-state index in [0.29, 0.717) is 34.7 Å². The van der Waals surface area contributed by atoms with E-state index in [4.69, 9.17) is 9.72 Å². The lowest BCUT2D eigenvalue weighted by Crippen LogP contribution is -2.19. The van der Waals surface area contributed by atoms with Crippen molar-refractivity contribution in [1.82, 2.24) is 24.5 Å². The molecule has 0 saturated carbocycles. The van der Waals surface area contributed by atoms with Crippen LogP contribution in [0.4, 0.5) is 8.78 Å². The van der Waals surface area contributed by atoms with Crippen LogP contribution in [0.2, 0.25) is 0 Å². The maximum Gasteiger partial charge on any atom is 0.387 e. The summed E-state index contributed by atoms with van der Waals surface area (Å²) in [5.41, 5.74) is 2.30. The SMILES string of the molecule is CC(C)(O)c1ncc(-c2ccc3nc4n(c3n2)C(c2ccccc2OC(F)F)CC4)cn1. The number of pyridine rings is 1. The molecule has 4 heterocycles. The van der Waals surface area contributed by atoms with Gasteiger partial charge in [0.2, 0.25) is 0 Å². The number of halogens is 2. The molecular weight excluding hydrogens is 416 g/mol. The van der Waals surface area contributed by atoms with Gasteiger partial charge in [-0.1, -0.05) is 18.2 Å². The van der Waals surface area contributed by atoms with Gasteiger partial charge in [-0.2, -0.15) is 8.78 Å². The average molecular weight is 437 g/mol. The van der Waals surface area contributed by atoms with Crippen molar-refractivity contribution < 1.29 is 18.6 Å². The number of ether oxygens (including phenoxy) is 1. The Morgan fingerprint density at radius 3 is 2.56 bits per heavy atom. The Kier molecular flexibility index (Phi) is 4.85. The highest BCUT2D eigenvalue weighted by molar-refractivity contribution is 5.76. The maximum atomic E-state index is 12.9. The van der Waals surface area contributed by atoms with Gasteiger partial charge >= 0.3 is 6.61 Å². The molecule has 0 amide bonds. The van der Waals surface area contributed by atoms with E-state index in [-0.39, 0.29) is 11.8 Å². The Hall–Kier alpha value is -3.46. The van der Waals surface area contributed by atoms with Crippen molar-refractivity contribution in [3.63, 3.8) is 0 Å². The van der Waals surface area contributed by atoms with Gasteiger partial charge in [-0.3, -0.25) is 0 Å². The first kappa shape index (κ1) is 20.4. The molecular formula is C23H21F2N5O2. The molecule has 9 heteroatoms. The lowest BCUT2D eigenvalue weighted by molar-refractivity contribution is -0.0506. The van der Waals surface area contributed by atoms with E-state index < -0.39 is 12.2 Å². The second-order valence-corrected chi connectivity index (χ2v) is 8.26. The van der Waals surface area contributed by atoms with E-state index >= 15 is 0 Å². The number of aromatic nitrogens is 5. The van der Waals surface area contributed by atoms with Crippen molar-refractivity contribution in [1.29, 1.82) is 0 Å². The first-order valence-corrected chi connectivity index (χ1v) is 10.3. The van der Waals surface area contributed by atoms with Gasteiger partial charge in [0.25, 0.3) is 0 Å². The number of fused-ring (bicyclic) bond motifs is 3. The van der Waals surface area contributed by atoms with Crippen LogP contribution < -0.4 is 4.74 Å². The van der Waals surface area contributed by atoms with E-state index in [0.717, 1.165) is 17.8 Å². The molecule has 1 aromatic carbocycles. The quantitative estimate of drug-likeness (QED) is 0.502. The normalized spacial score (nSPS) is 16.0.